The van der Waals surface area contributed by atoms with Crippen molar-refractivity contribution in [3.63, 3.8) is 0 Å². The lowest BCUT2D eigenvalue weighted by molar-refractivity contribution is -0.140. The van der Waals surface area contributed by atoms with Crippen LogP contribution >= 0.6 is 11.6 Å². The molecule has 3 N–H and O–H groups in total. The Balaban J connectivity index is 1.70. The summed E-state index contributed by atoms with van der Waals surface area (Å²) in [4.78, 5) is 41.2. The number of aliphatic hydroxyl groups is 1. The van der Waals surface area contributed by atoms with Gasteiger partial charge in [0.25, 0.3) is 0 Å². The SMILES string of the molecule is CNC(=O)[C@@H]1[C@H]2C(=O)N(CCCCO)C(C(=O)Nc3c(C)cccc3Cl)C23CC[C@H]1O3. The Bertz CT molecular complexity index is 889. The molecule has 2 bridgehead atoms. The minimum absolute atomic E-state index is 0.00568. The van der Waals surface area contributed by atoms with Gasteiger partial charge in [0.1, 0.15) is 11.6 Å². The van der Waals surface area contributed by atoms with Crippen LogP contribution in [0.4, 0.5) is 5.69 Å². The van der Waals surface area contributed by atoms with Crippen LogP contribution in [-0.4, -0.2) is 65.7 Å². The lowest BCUT2D eigenvalue weighted by Crippen LogP contribution is -2.53. The fraction of sp³-hybridized carbons (Fsp3) is 0.591. The number of nitrogens with one attached hydrogen (secondary N) is 2. The molecule has 1 aromatic rings. The molecule has 3 aliphatic rings. The normalized spacial score (nSPS) is 31.1. The Labute approximate surface area is 186 Å². The first-order valence-corrected chi connectivity index (χ1v) is 11.1. The first kappa shape index (κ1) is 22.0. The average molecular weight is 450 g/mol. The van der Waals surface area contributed by atoms with E-state index in [9.17, 15) is 19.5 Å². The van der Waals surface area contributed by atoms with Crippen LogP contribution in [0.3, 0.4) is 0 Å². The van der Waals surface area contributed by atoms with E-state index >= 15 is 0 Å². The van der Waals surface area contributed by atoms with Gasteiger partial charge in [-0.05, 0) is 44.2 Å². The van der Waals surface area contributed by atoms with E-state index in [0.717, 1.165) is 5.56 Å². The molecule has 1 spiro atoms. The smallest absolute Gasteiger partial charge is 0.250 e. The fourth-order valence-electron chi connectivity index (χ4n) is 5.54. The summed E-state index contributed by atoms with van der Waals surface area (Å²) in [6.07, 6.45) is 1.86. The highest BCUT2D eigenvalue weighted by atomic mass is 35.5. The molecular weight excluding hydrogens is 422 g/mol. The maximum Gasteiger partial charge on any atom is 0.250 e. The number of aryl methyl sites for hydroxylation is 1. The number of carbonyl (C=O) groups is 3. The van der Waals surface area contributed by atoms with Crippen LogP contribution in [0.25, 0.3) is 0 Å². The van der Waals surface area contributed by atoms with Gasteiger partial charge in [-0.25, -0.2) is 0 Å². The summed E-state index contributed by atoms with van der Waals surface area (Å²) in [6, 6.07) is 4.49. The maximum atomic E-state index is 13.6. The number of anilines is 1. The molecule has 168 valence electrons. The predicted octanol–water partition coefficient (Wildman–Crippen LogP) is 1.48. The highest BCUT2D eigenvalue weighted by molar-refractivity contribution is 6.34. The third-order valence-corrected chi connectivity index (χ3v) is 7.19. The van der Waals surface area contributed by atoms with Crippen LogP contribution in [-0.2, 0) is 19.1 Å². The van der Waals surface area contributed by atoms with Crippen LogP contribution < -0.4 is 10.6 Å². The zero-order valence-electron chi connectivity index (χ0n) is 17.7. The summed E-state index contributed by atoms with van der Waals surface area (Å²) in [5.41, 5.74) is 0.287. The van der Waals surface area contributed by atoms with Crippen LogP contribution in [0.1, 0.15) is 31.2 Å². The molecule has 9 heteroatoms. The largest absolute Gasteiger partial charge is 0.396 e. The van der Waals surface area contributed by atoms with E-state index in [4.69, 9.17) is 16.3 Å². The van der Waals surface area contributed by atoms with Crippen molar-refractivity contribution in [3.05, 3.63) is 28.8 Å². The molecule has 5 atom stereocenters. The Morgan fingerprint density at radius 2 is 2.10 bits per heavy atom. The highest BCUT2D eigenvalue weighted by Crippen LogP contribution is 2.58. The highest BCUT2D eigenvalue weighted by Gasteiger charge is 2.74. The molecule has 3 amide bonds. The predicted molar refractivity (Wildman–Crippen MR) is 115 cm³/mol. The van der Waals surface area contributed by atoms with Gasteiger partial charge in [-0.1, -0.05) is 23.7 Å². The van der Waals surface area contributed by atoms with E-state index < -0.39 is 23.5 Å². The standard InChI is InChI=1S/C22H28ClN3O5/c1-12-6-5-7-13(23)17(12)25-20(29)18-22-9-8-14(31-22)15(19(28)24-2)16(22)21(30)26(18)10-3-4-11-27/h5-7,14-16,18,27H,3-4,8-11H2,1-2H3,(H,24,28)(H,25,29)/t14-,15+,16+,18?,22?/m1/s1. The Morgan fingerprint density at radius 3 is 2.77 bits per heavy atom. The Morgan fingerprint density at radius 1 is 1.32 bits per heavy atom. The van der Waals surface area contributed by atoms with Crippen molar-refractivity contribution in [1.82, 2.24) is 10.2 Å². The monoisotopic (exact) mass is 449 g/mol. The molecule has 3 heterocycles. The second-order valence-corrected chi connectivity index (χ2v) is 8.96. The van der Waals surface area contributed by atoms with Gasteiger partial charge in [-0.2, -0.15) is 0 Å². The zero-order valence-corrected chi connectivity index (χ0v) is 18.4. The summed E-state index contributed by atoms with van der Waals surface area (Å²) in [5.74, 6) is -2.13. The van der Waals surface area contributed by atoms with Crippen LogP contribution in [0.2, 0.25) is 5.02 Å². The van der Waals surface area contributed by atoms with Crippen molar-refractivity contribution in [1.29, 1.82) is 0 Å². The van der Waals surface area contributed by atoms with Crippen LogP contribution in [0, 0.1) is 18.8 Å². The van der Waals surface area contributed by atoms with E-state index in [1.165, 1.54) is 0 Å². The van der Waals surface area contributed by atoms with Crippen molar-refractivity contribution in [3.8, 4) is 0 Å². The summed E-state index contributed by atoms with van der Waals surface area (Å²) >= 11 is 6.31. The molecule has 4 rings (SSSR count). The number of halogens is 1. The van der Waals surface area contributed by atoms with Gasteiger partial charge in [0.2, 0.25) is 17.7 Å². The van der Waals surface area contributed by atoms with E-state index in [-0.39, 0.29) is 30.4 Å². The van der Waals surface area contributed by atoms with Crippen molar-refractivity contribution in [2.24, 2.45) is 11.8 Å². The summed E-state index contributed by atoms with van der Waals surface area (Å²) in [5, 5.41) is 15.2. The number of fused-ring (bicyclic) bond motifs is 1. The van der Waals surface area contributed by atoms with Crippen molar-refractivity contribution in [2.75, 3.05) is 25.5 Å². The van der Waals surface area contributed by atoms with E-state index in [0.29, 0.717) is 42.9 Å². The number of amides is 3. The van der Waals surface area contributed by atoms with Gasteiger partial charge in [-0.15, -0.1) is 0 Å². The minimum Gasteiger partial charge on any atom is -0.396 e. The lowest BCUT2D eigenvalue weighted by Gasteiger charge is -2.33. The second-order valence-electron chi connectivity index (χ2n) is 8.55. The van der Waals surface area contributed by atoms with Crippen molar-refractivity contribution < 1.29 is 24.2 Å². The van der Waals surface area contributed by atoms with Gasteiger partial charge in [-0.3, -0.25) is 14.4 Å². The molecule has 0 aliphatic carbocycles. The number of carbonyl (C=O) groups excluding carboxylic acids is 3. The molecule has 8 nitrogen and oxygen atoms in total. The number of hydrogen-bond acceptors (Lipinski definition) is 5. The number of ether oxygens (including phenoxy) is 1. The molecule has 3 fully saturated rings. The summed E-state index contributed by atoms with van der Waals surface area (Å²) in [6.45, 7) is 2.16. The maximum absolute atomic E-state index is 13.6. The van der Waals surface area contributed by atoms with Gasteiger partial charge < -0.3 is 25.4 Å². The molecule has 0 aromatic heterocycles. The third-order valence-electron chi connectivity index (χ3n) is 6.87. The van der Waals surface area contributed by atoms with Gasteiger partial charge >= 0.3 is 0 Å². The Kier molecular flexibility index (Phi) is 5.98. The number of unbranched alkanes of at least 4 members (excludes halogenated alkanes) is 1. The number of hydrogen-bond donors (Lipinski definition) is 3. The molecule has 2 unspecified atom stereocenters. The number of benzene rings is 1. The van der Waals surface area contributed by atoms with Crippen LogP contribution in [0.5, 0.6) is 0 Å². The summed E-state index contributed by atoms with van der Waals surface area (Å²) < 4.78 is 6.29. The van der Waals surface area contributed by atoms with Gasteiger partial charge in [0.15, 0.2) is 0 Å². The number of rotatable bonds is 7. The molecule has 3 aliphatic heterocycles. The van der Waals surface area contributed by atoms with Crippen molar-refractivity contribution in [2.45, 2.75) is 50.4 Å². The summed E-state index contributed by atoms with van der Waals surface area (Å²) in [7, 11) is 1.55. The average Bonchev–Trinajstić information content (AvgIpc) is 3.38. The Hall–Kier alpha value is -2.16. The zero-order chi connectivity index (χ0) is 22.3. The van der Waals surface area contributed by atoms with Crippen molar-refractivity contribution >= 4 is 35.0 Å². The van der Waals surface area contributed by atoms with E-state index in [2.05, 4.69) is 10.6 Å². The first-order chi connectivity index (χ1) is 14.9. The van der Waals surface area contributed by atoms with Gasteiger partial charge in [0, 0.05) is 20.2 Å². The quantitative estimate of drug-likeness (QED) is 0.546. The molecule has 0 saturated carbocycles. The van der Waals surface area contributed by atoms with E-state index in [1.807, 2.05) is 13.0 Å². The minimum atomic E-state index is -1.03. The molecular formula is C22H28ClN3O5. The number of para-hydroxylation sites is 1. The topological polar surface area (TPSA) is 108 Å². The number of aliphatic hydroxyl groups excluding tert-OH is 1. The third kappa shape index (κ3) is 3.41. The second kappa shape index (κ2) is 8.41. The van der Waals surface area contributed by atoms with Gasteiger partial charge in [0.05, 0.1) is 28.6 Å². The first-order valence-electron chi connectivity index (χ1n) is 10.7. The molecule has 1 aromatic carbocycles. The number of nitrogens with zero attached hydrogens (tertiary/aromatic N) is 1. The lowest BCUT2D eigenvalue weighted by atomic mass is 9.70. The fourth-order valence-corrected chi connectivity index (χ4v) is 5.81. The molecule has 3 saturated heterocycles. The molecule has 31 heavy (non-hydrogen) atoms. The molecule has 0 radical (unpaired) electrons. The number of likely N-dealkylation sites (tertiary alicyclic amines) is 1. The van der Waals surface area contributed by atoms with E-state index in [1.54, 1.807) is 24.1 Å². The van der Waals surface area contributed by atoms with Crippen LogP contribution in [0.15, 0.2) is 18.2 Å².